The minimum Gasteiger partial charge on any atom is -0.394 e. The Morgan fingerprint density at radius 2 is 2.25 bits per heavy atom. The van der Waals surface area contributed by atoms with Crippen LogP contribution in [0.15, 0.2) is 35.0 Å². The fourth-order valence-electron chi connectivity index (χ4n) is 2.14. The summed E-state index contributed by atoms with van der Waals surface area (Å²) in [7, 11) is 0. The van der Waals surface area contributed by atoms with Crippen molar-refractivity contribution in [3.8, 4) is 0 Å². The second-order valence-electron chi connectivity index (χ2n) is 4.00. The Morgan fingerprint density at radius 1 is 1.38 bits per heavy atom. The van der Waals surface area contributed by atoms with Gasteiger partial charge in [-0.1, -0.05) is 23.4 Å². The average molecular weight is 215 g/mol. The smallest absolute Gasteiger partial charge is 0.178 e. The van der Waals surface area contributed by atoms with Crippen molar-refractivity contribution >= 4 is 11.4 Å². The van der Waals surface area contributed by atoms with E-state index in [2.05, 4.69) is 34.3 Å². The Hall–Kier alpha value is -1.97. The summed E-state index contributed by atoms with van der Waals surface area (Å²) in [4.78, 5) is 2.27. The molecule has 1 aliphatic heterocycles. The molecule has 82 valence electrons. The molecular weight excluding hydrogens is 202 g/mol. The molecular formula is C12H13N3O. The van der Waals surface area contributed by atoms with E-state index in [1.807, 2.05) is 0 Å². The predicted molar refractivity (Wildman–Crippen MR) is 62.1 cm³/mol. The molecule has 0 radical (unpaired) electrons. The van der Waals surface area contributed by atoms with E-state index in [9.17, 15) is 0 Å². The third kappa shape index (κ3) is 1.43. The maximum Gasteiger partial charge on any atom is 0.178 e. The van der Waals surface area contributed by atoms with Gasteiger partial charge in [-0.3, -0.25) is 0 Å². The van der Waals surface area contributed by atoms with Gasteiger partial charge in [0.25, 0.3) is 0 Å². The van der Waals surface area contributed by atoms with Gasteiger partial charge >= 0.3 is 0 Å². The van der Waals surface area contributed by atoms with E-state index < -0.39 is 0 Å². The van der Waals surface area contributed by atoms with Crippen LogP contribution in [0, 0.1) is 0 Å². The van der Waals surface area contributed by atoms with Crippen molar-refractivity contribution in [2.75, 3.05) is 17.2 Å². The van der Waals surface area contributed by atoms with Gasteiger partial charge in [-0.15, -0.1) is 0 Å². The van der Waals surface area contributed by atoms with Crippen molar-refractivity contribution in [2.45, 2.75) is 13.0 Å². The first kappa shape index (κ1) is 9.27. The first-order valence-corrected chi connectivity index (χ1v) is 5.36. The Labute approximate surface area is 93.6 Å². The first-order valence-electron chi connectivity index (χ1n) is 5.36. The zero-order chi connectivity index (χ0) is 11.0. The molecule has 16 heavy (non-hydrogen) atoms. The molecule has 1 aromatic heterocycles. The van der Waals surface area contributed by atoms with Gasteiger partial charge in [-0.25, -0.2) is 0 Å². The second-order valence-corrected chi connectivity index (χ2v) is 4.00. The highest BCUT2D eigenvalue weighted by molar-refractivity contribution is 5.58. The molecule has 0 spiro atoms. The molecule has 0 fully saturated rings. The van der Waals surface area contributed by atoms with Crippen molar-refractivity contribution in [3.63, 3.8) is 0 Å². The number of anilines is 2. The molecule has 2 N–H and O–H groups in total. The van der Waals surface area contributed by atoms with Crippen molar-refractivity contribution in [3.05, 3.63) is 41.8 Å². The number of nitrogens with zero attached hydrogens (tertiary/aromatic N) is 2. The Balaban J connectivity index is 1.86. The summed E-state index contributed by atoms with van der Waals surface area (Å²) in [5.41, 5.74) is 9.05. The van der Waals surface area contributed by atoms with Crippen molar-refractivity contribution in [1.82, 2.24) is 5.16 Å². The van der Waals surface area contributed by atoms with Crippen LogP contribution in [-0.2, 0) is 13.0 Å². The Morgan fingerprint density at radius 3 is 3.06 bits per heavy atom. The van der Waals surface area contributed by atoms with Crippen LogP contribution in [0.5, 0.6) is 0 Å². The average Bonchev–Trinajstić information content (AvgIpc) is 2.88. The van der Waals surface area contributed by atoms with Gasteiger partial charge < -0.3 is 15.2 Å². The predicted octanol–water partition coefficient (Wildman–Crippen LogP) is 1.82. The minimum atomic E-state index is 0.629. The monoisotopic (exact) mass is 215 g/mol. The fourth-order valence-corrected chi connectivity index (χ4v) is 2.14. The highest BCUT2D eigenvalue weighted by Crippen LogP contribution is 2.29. The summed E-state index contributed by atoms with van der Waals surface area (Å²) in [5, 5.41) is 3.69. The lowest BCUT2D eigenvalue weighted by Gasteiger charge is -2.17. The van der Waals surface area contributed by atoms with Gasteiger partial charge in [-0.05, 0) is 18.1 Å². The summed E-state index contributed by atoms with van der Waals surface area (Å²) in [6.07, 6.45) is 2.64. The van der Waals surface area contributed by atoms with Crippen LogP contribution in [0.1, 0.15) is 11.3 Å². The highest BCUT2D eigenvalue weighted by Gasteiger charge is 2.20. The maximum atomic E-state index is 5.76. The highest BCUT2D eigenvalue weighted by atomic mass is 16.5. The number of rotatable bonds is 2. The van der Waals surface area contributed by atoms with Gasteiger partial charge in [0.2, 0.25) is 0 Å². The lowest BCUT2D eigenvalue weighted by molar-refractivity contribution is 0.382. The molecule has 0 atom stereocenters. The lowest BCUT2D eigenvalue weighted by atomic mass is 10.2. The summed E-state index contributed by atoms with van der Waals surface area (Å²) in [6, 6.07) is 8.43. The summed E-state index contributed by atoms with van der Waals surface area (Å²) in [6.45, 7) is 1.71. The van der Waals surface area contributed by atoms with Crippen LogP contribution in [0.25, 0.3) is 0 Å². The zero-order valence-corrected chi connectivity index (χ0v) is 8.89. The number of aromatic nitrogens is 1. The standard InChI is InChI=1S/C12H13N3O/c13-10-7-14-16-12(10)8-15-6-5-9-3-1-2-4-11(9)15/h1-4,7H,5-6,8,13H2. The maximum absolute atomic E-state index is 5.76. The molecule has 0 saturated heterocycles. The first-order chi connectivity index (χ1) is 7.84. The Kier molecular flexibility index (Phi) is 2.06. The number of hydrogen-bond donors (Lipinski definition) is 1. The third-order valence-electron chi connectivity index (χ3n) is 2.99. The largest absolute Gasteiger partial charge is 0.394 e. The quantitative estimate of drug-likeness (QED) is 0.830. The normalized spacial score (nSPS) is 14.1. The molecule has 2 aromatic rings. The molecule has 2 heterocycles. The molecule has 0 amide bonds. The molecule has 0 bridgehead atoms. The molecule has 0 saturated carbocycles. The van der Waals surface area contributed by atoms with Crippen LogP contribution in [-0.4, -0.2) is 11.7 Å². The molecule has 1 aromatic carbocycles. The number of para-hydroxylation sites is 1. The van der Waals surface area contributed by atoms with Crippen LogP contribution >= 0.6 is 0 Å². The number of nitrogens with two attached hydrogens (primary N) is 1. The summed E-state index contributed by atoms with van der Waals surface area (Å²) >= 11 is 0. The van der Waals surface area contributed by atoms with E-state index in [1.54, 1.807) is 6.20 Å². The van der Waals surface area contributed by atoms with Crippen molar-refractivity contribution in [2.24, 2.45) is 0 Å². The number of benzene rings is 1. The summed E-state index contributed by atoms with van der Waals surface area (Å²) < 4.78 is 5.12. The third-order valence-corrected chi connectivity index (χ3v) is 2.99. The van der Waals surface area contributed by atoms with Gasteiger partial charge in [0.1, 0.15) is 0 Å². The van der Waals surface area contributed by atoms with E-state index in [-0.39, 0.29) is 0 Å². The summed E-state index contributed by atoms with van der Waals surface area (Å²) in [5.74, 6) is 0.747. The minimum absolute atomic E-state index is 0.629. The number of hydrogen-bond acceptors (Lipinski definition) is 4. The number of nitrogen functional groups attached to an aromatic ring is 1. The van der Waals surface area contributed by atoms with Crippen LogP contribution in [0.3, 0.4) is 0 Å². The van der Waals surface area contributed by atoms with E-state index in [0.29, 0.717) is 12.2 Å². The molecule has 0 unspecified atom stereocenters. The topological polar surface area (TPSA) is 55.3 Å². The zero-order valence-electron chi connectivity index (χ0n) is 8.89. The van der Waals surface area contributed by atoms with Gasteiger partial charge in [0, 0.05) is 12.2 Å². The SMILES string of the molecule is Nc1cnoc1CN1CCc2ccccc21. The molecule has 3 rings (SSSR count). The van der Waals surface area contributed by atoms with Gasteiger partial charge in [0.15, 0.2) is 5.76 Å². The molecule has 4 nitrogen and oxygen atoms in total. The van der Waals surface area contributed by atoms with Crippen molar-refractivity contribution in [1.29, 1.82) is 0 Å². The molecule has 0 aliphatic carbocycles. The lowest BCUT2D eigenvalue weighted by Crippen LogP contribution is -2.19. The van der Waals surface area contributed by atoms with Crippen LogP contribution in [0.4, 0.5) is 11.4 Å². The van der Waals surface area contributed by atoms with Crippen LogP contribution < -0.4 is 10.6 Å². The Bertz CT molecular complexity index is 506. The van der Waals surface area contributed by atoms with Crippen LogP contribution in [0.2, 0.25) is 0 Å². The second kappa shape index (κ2) is 3.56. The molecule has 4 heteroatoms. The van der Waals surface area contributed by atoms with Gasteiger partial charge in [-0.2, -0.15) is 0 Å². The van der Waals surface area contributed by atoms with E-state index in [1.165, 1.54) is 11.3 Å². The molecule has 1 aliphatic rings. The number of fused-ring (bicyclic) bond motifs is 1. The van der Waals surface area contributed by atoms with E-state index in [0.717, 1.165) is 18.7 Å². The van der Waals surface area contributed by atoms with Gasteiger partial charge in [0.05, 0.1) is 18.4 Å². The van der Waals surface area contributed by atoms with Crippen molar-refractivity contribution < 1.29 is 4.52 Å². The van der Waals surface area contributed by atoms with E-state index in [4.69, 9.17) is 10.3 Å². The van der Waals surface area contributed by atoms with E-state index >= 15 is 0 Å². The fraction of sp³-hybridized carbons (Fsp3) is 0.250.